The van der Waals surface area contributed by atoms with Crippen LogP contribution in [0.1, 0.15) is 0 Å². The van der Waals surface area contributed by atoms with Gasteiger partial charge >= 0.3 is 0 Å². The van der Waals surface area contributed by atoms with Crippen LogP contribution in [0.15, 0.2) is 22.7 Å². The average Bonchev–Trinajstić information content (AvgIpc) is 2.38. The molecule has 1 N–H and O–H groups in total. The average molecular weight is 317 g/mol. The summed E-state index contributed by atoms with van der Waals surface area (Å²) in [7, 11) is 0. The third kappa shape index (κ3) is 3.41. The maximum atomic E-state index is 10.6. The molecule has 1 fully saturated rings. The minimum absolute atomic E-state index is 0.0147. The fourth-order valence-electron chi connectivity index (χ4n) is 1.63. The molecule has 0 spiro atoms. The van der Waals surface area contributed by atoms with E-state index in [0.717, 1.165) is 13.1 Å². The number of nitro groups is 1. The lowest BCUT2D eigenvalue weighted by Gasteiger charge is -2.23. The van der Waals surface area contributed by atoms with Crippen LogP contribution in [0.3, 0.4) is 0 Å². The molecule has 1 aliphatic rings. The molecule has 0 bridgehead atoms. The first-order valence-electron chi connectivity index (χ1n) is 5.56. The van der Waals surface area contributed by atoms with Crippen LogP contribution < -0.4 is 10.1 Å². The molecule has 0 saturated carbocycles. The minimum Gasteiger partial charge on any atom is -0.490 e. The van der Waals surface area contributed by atoms with E-state index in [2.05, 4.69) is 21.2 Å². The van der Waals surface area contributed by atoms with Crippen molar-refractivity contribution in [3.05, 3.63) is 32.8 Å². The summed E-state index contributed by atoms with van der Waals surface area (Å²) >= 11 is 3.25. The summed E-state index contributed by atoms with van der Waals surface area (Å²) in [6.07, 6.45) is 0.0147. The lowest BCUT2D eigenvalue weighted by molar-refractivity contribution is -0.385. The molecule has 1 saturated heterocycles. The van der Waals surface area contributed by atoms with Crippen molar-refractivity contribution in [2.75, 3.05) is 26.3 Å². The molecule has 0 aliphatic carbocycles. The molecule has 1 aromatic rings. The van der Waals surface area contributed by atoms with Crippen molar-refractivity contribution >= 4 is 21.6 Å². The van der Waals surface area contributed by atoms with Gasteiger partial charge in [-0.2, -0.15) is 0 Å². The first kappa shape index (κ1) is 13.3. The molecule has 2 rings (SSSR count). The van der Waals surface area contributed by atoms with Gasteiger partial charge in [-0.05, 0) is 22.0 Å². The molecule has 1 aromatic carbocycles. The highest BCUT2D eigenvalue weighted by Crippen LogP contribution is 2.29. The molecule has 98 valence electrons. The van der Waals surface area contributed by atoms with Crippen molar-refractivity contribution in [1.82, 2.24) is 5.32 Å². The van der Waals surface area contributed by atoms with E-state index < -0.39 is 4.92 Å². The van der Waals surface area contributed by atoms with Gasteiger partial charge in [-0.15, -0.1) is 0 Å². The number of rotatable bonds is 4. The number of nitro benzene ring substituents is 1. The molecule has 0 aromatic heterocycles. The van der Waals surface area contributed by atoms with Crippen LogP contribution in [0, 0.1) is 10.1 Å². The van der Waals surface area contributed by atoms with E-state index in [4.69, 9.17) is 9.47 Å². The fourth-order valence-corrected chi connectivity index (χ4v) is 2.11. The van der Waals surface area contributed by atoms with Crippen molar-refractivity contribution in [2.45, 2.75) is 6.10 Å². The third-order valence-electron chi connectivity index (χ3n) is 2.56. The quantitative estimate of drug-likeness (QED) is 0.676. The first-order chi connectivity index (χ1) is 8.66. The zero-order chi connectivity index (χ0) is 13.0. The Morgan fingerprint density at radius 1 is 1.61 bits per heavy atom. The van der Waals surface area contributed by atoms with E-state index >= 15 is 0 Å². The Balaban J connectivity index is 1.94. The molecule has 6 nitrogen and oxygen atoms in total. The van der Waals surface area contributed by atoms with Crippen molar-refractivity contribution in [1.29, 1.82) is 0 Å². The summed E-state index contributed by atoms with van der Waals surface area (Å²) in [6, 6.07) is 4.42. The topological polar surface area (TPSA) is 73.6 Å². The molecule has 7 heteroatoms. The van der Waals surface area contributed by atoms with Crippen molar-refractivity contribution < 1.29 is 14.4 Å². The van der Waals surface area contributed by atoms with Crippen LogP contribution >= 0.6 is 15.9 Å². The van der Waals surface area contributed by atoms with Crippen LogP contribution in [0.5, 0.6) is 5.75 Å². The second-order valence-corrected chi connectivity index (χ2v) is 4.73. The van der Waals surface area contributed by atoms with Crippen LogP contribution in [0.2, 0.25) is 0 Å². The molecule has 1 heterocycles. The number of non-ortho nitro benzene ring substituents is 1. The van der Waals surface area contributed by atoms with Gasteiger partial charge in [0.25, 0.3) is 5.69 Å². The number of hydrogen-bond acceptors (Lipinski definition) is 5. The Morgan fingerprint density at radius 2 is 2.44 bits per heavy atom. The number of ether oxygens (including phenoxy) is 2. The maximum absolute atomic E-state index is 10.6. The lowest BCUT2D eigenvalue weighted by Crippen LogP contribution is -2.41. The van der Waals surface area contributed by atoms with Crippen LogP contribution in [-0.2, 0) is 4.74 Å². The normalized spacial score (nSPS) is 19.5. The summed E-state index contributed by atoms with van der Waals surface area (Å²) in [4.78, 5) is 10.1. The van der Waals surface area contributed by atoms with E-state index in [0.29, 0.717) is 23.4 Å². The number of nitrogens with one attached hydrogen (secondary N) is 1. The van der Waals surface area contributed by atoms with E-state index in [9.17, 15) is 10.1 Å². The summed E-state index contributed by atoms with van der Waals surface area (Å²) in [5.41, 5.74) is 0.0322. The summed E-state index contributed by atoms with van der Waals surface area (Å²) in [5, 5.41) is 13.8. The predicted molar refractivity (Wildman–Crippen MR) is 68.9 cm³/mol. The molecular formula is C11H13BrN2O4. The number of benzene rings is 1. The van der Waals surface area contributed by atoms with Gasteiger partial charge in [0.2, 0.25) is 0 Å². The highest BCUT2D eigenvalue weighted by molar-refractivity contribution is 9.10. The molecule has 0 amide bonds. The lowest BCUT2D eigenvalue weighted by atomic mass is 10.3. The fraction of sp³-hybridized carbons (Fsp3) is 0.455. The summed E-state index contributed by atoms with van der Waals surface area (Å²) in [5.74, 6) is 0.578. The molecule has 18 heavy (non-hydrogen) atoms. The van der Waals surface area contributed by atoms with Gasteiger partial charge in [-0.3, -0.25) is 10.1 Å². The van der Waals surface area contributed by atoms with Crippen LogP contribution in [0.25, 0.3) is 0 Å². The van der Waals surface area contributed by atoms with Crippen molar-refractivity contribution in [3.63, 3.8) is 0 Å². The van der Waals surface area contributed by atoms with Gasteiger partial charge in [0.05, 0.1) is 16.0 Å². The number of hydrogen-bond donors (Lipinski definition) is 1. The van der Waals surface area contributed by atoms with Crippen LogP contribution in [0.4, 0.5) is 5.69 Å². The smallest absolute Gasteiger partial charge is 0.270 e. The van der Waals surface area contributed by atoms with Crippen molar-refractivity contribution in [2.24, 2.45) is 0 Å². The Bertz CT molecular complexity index is 435. The number of halogens is 1. The van der Waals surface area contributed by atoms with Crippen molar-refractivity contribution in [3.8, 4) is 5.75 Å². The highest BCUT2D eigenvalue weighted by atomic mass is 79.9. The Hall–Kier alpha value is -1.18. The third-order valence-corrected chi connectivity index (χ3v) is 3.18. The minimum atomic E-state index is -0.442. The number of nitrogens with zero attached hydrogens (tertiary/aromatic N) is 1. The van der Waals surface area contributed by atoms with Gasteiger partial charge in [0.1, 0.15) is 18.5 Å². The maximum Gasteiger partial charge on any atom is 0.270 e. The van der Waals surface area contributed by atoms with E-state index in [-0.39, 0.29) is 11.8 Å². The zero-order valence-electron chi connectivity index (χ0n) is 9.60. The van der Waals surface area contributed by atoms with E-state index in [1.54, 1.807) is 6.07 Å². The summed E-state index contributed by atoms with van der Waals surface area (Å²) < 4.78 is 11.6. The summed E-state index contributed by atoms with van der Waals surface area (Å²) in [6.45, 7) is 2.71. The Kier molecular flexibility index (Phi) is 4.51. The second kappa shape index (κ2) is 6.12. The molecule has 1 unspecified atom stereocenters. The van der Waals surface area contributed by atoms with Gasteiger partial charge in [-0.25, -0.2) is 0 Å². The second-order valence-electron chi connectivity index (χ2n) is 3.88. The van der Waals surface area contributed by atoms with Crippen LogP contribution in [-0.4, -0.2) is 37.3 Å². The Labute approximate surface area is 113 Å². The van der Waals surface area contributed by atoms with Gasteiger partial charge in [0.15, 0.2) is 0 Å². The van der Waals surface area contributed by atoms with E-state index in [1.807, 2.05) is 0 Å². The Morgan fingerprint density at radius 3 is 3.06 bits per heavy atom. The highest BCUT2D eigenvalue weighted by Gasteiger charge is 2.15. The first-order valence-corrected chi connectivity index (χ1v) is 6.35. The van der Waals surface area contributed by atoms with Gasteiger partial charge in [-0.1, -0.05) is 0 Å². The molecule has 1 aliphatic heterocycles. The molecule has 0 radical (unpaired) electrons. The van der Waals surface area contributed by atoms with Gasteiger partial charge in [0, 0.05) is 25.2 Å². The standard InChI is InChI=1S/C11H13BrN2O4/c12-10-5-8(14(15)16)1-2-11(10)18-7-9-6-13-3-4-17-9/h1-2,5,9,13H,3-4,6-7H2. The zero-order valence-corrected chi connectivity index (χ0v) is 11.2. The SMILES string of the molecule is O=[N+]([O-])c1ccc(OCC2CNCCO2)c(Br)c1. The van der Waals surface area contributed by atoms with Gasteiger partial charge < -0.3 is 14.8 Å². The number of morpholine rings is 1. The molecule has 1 atom stereocenters. The predicted octanol–water partition coefficient (Wildman–Crippen LogP) is 1.72. The van der Waals surface area contributed by atoms with E-state index in [1.165, 1.54) is 12.1 Å². The monoisotopic (exact) mass is 316 g/mol. The largest absolute Gasteiger partial charge is 0.490 e. The molecular weight excluding hydrogens is 304 g/mol.